The summed E-state index contributed by atoms with van der Waals surface area (Å²) in [4.78, 5) is 0. The molecule has 1 aromatic carbocycles. The molecule has 0 spiro atoms. The Balaban J connectivity index is 2.14. The van der Waals surface area contributed by atoms with Crippen molar-refractivity contribution >= 4 is 0 Å². The molecule has 1 aliphatic rings. The molecule has 0 heterocycles. The zero-order valence-corrected chi connectivity index (χ0v) is 7.81. The molecule has 2 atom stereocenters. The standard InChI is InChI=1S/C11H11F3/c1-7-3-2-4-8(5-7)9-6-10(9)11(12,13)14/h2-5,9-10H,6H2,1H3/t9-,10+/m0/s1. The second-order valence-corrected chi connectivity index (χ2v) is 3.90. The lowest BCUT2D eigenvalue weighted by atomic mass is 10.1. The van der Waals surface area contributed by atoms with E-state index < -0.39 is 12.1 Å². The molecule has 14 heavy (non-hydrogen) atoms. The predicted molar refractivity (Wildman–Crippen MR) is 48.1 cm³/mol. The number of benzene rings is 1. The number of hydrogen-bond acceptors (Lipinski definition) is 0. The van der Waals surface area contributed by atoms with Crippen molar-refractivity contribution in [3.63, 3.8) is 0 Å². The van der Waals surface area contributed by atoms with Gasteiger partial charge >= 0.3 is 6.18 Å². The maximum absolute atomic E-state index is 12.3. The van der Waals surface area contributed by atoms with Crippen molar-refractivity contribution in [3.8, 4) is 0 Å². The second-order valence-electron chi connectivity index (χ2n) is 3.90. The van der Waals surface area contributed by atoms with Crippen LogP contribution in [-0.2, 0) is 0 Å². The molecule has 1 aliphatic carbocycles. The molecule has 1 fully saturated rings. The first-order chi connectivity index (χ1) is 6.48. The van der Waals surface area contributed by atoms with Crippen LogP contribution in [0.2, 0.25) is 0 Å². The highest BCUT2D eigenvalue weighted by Crippen LogP contribution is 2.56. The highest BCUT2D eigenvalue weighted by molar-refractivity contribution is 5.30. The van der Waals surface area contributed by atoms with Crippen LogP contribution in [0.15, 0.2) is 24.3 Å². The Labute approximate surface area is 80.7 Å². The molecule has 0 bridgehead atoms. The van der Waals surface area contributed by atoms with Crippen LogP contribution in [0, 0.1) is 12.8 Å². The summed E-state index contributed by atoms with van der Waals surface area (Å²) in [6.45, 7) is 1.90. The van der Waals surface area contributed by atoms with Gasteiger partial charge in [-0.15, -0.1) is 0 Å². The van der Waals surface area contributed by atoms with E-state index in [4.69, 9.17) is 0 Å². The minimum Gasteiger partial charge on any atom is -0.171 e. The molecule has 0 nitrogen and oxygen atoms in total. The lowest BCUT2D eigenvalue weighted by Crippen LogP contribution is -2.11. The van der Waals surface area contributed by atoms with Crippen LogP contribution in [0.5, 0.6) is 0 Å². The molecule has 76 valence electrons. The van der Waals surface area contributed by atoms with Gasteiger partial charge in [-0.2, -0.15) is 13.2 Å². The maximum Gasteiger partial charge on any atom is 0.392 e. The third-order valence-corrected chi connectivity index (χ3v) is 2.68. The Bertz CT molecular complexity index is 341. The van der Waals surface area contributed by atoms with Gasteiger partial charge in [0.25, 0.3) is 0 Å². The lowest BCUT2D eigenvalue weighted by Gasteiger charge is -2.05. The molecule has 0 N–H and O–H groups in total. The predicted octanol–water partition coefficient (Wildman–Crippen LogP) is 3.66. The van der Waals surface area contributed by atoms with E-state index >= 15 is 0 Å². The molecule has 0 saturated heterocycles. The van der Waals surface area contributed by atoms with Crippen molar-refractivity contribution in [2.75, 3.05) is 0 Å². The number of hydrogen-bond donors (Lipinski definition) is 0. The summed E-state index contributed by atoms with van der Waals surface area (Å²) in [5, 5.41) is 0. The molecule has 3 heteroatoms. The number of halogens is 3. The molecule has 0 amide bonds. The summed E-state index contributed by atoms with van der Waals surface area (Å²) < 4.78 is 36.8. The van der Waals surface area contributed by atoms with E-state index in [-0.39, 0.29) is 12.3 Å². The quantitative estimate of drug-likeness (QED) is 0.649. The Morgan fingerprint density at radius 2 is 2.00 bits per heavy atom. The first kappa shape index (κ1) is 9.56. The van der Waals surface area contributed by atoms with Crippen LogP contribution >= 0.6 is 0 Å². The molecule has 0 aliphatic heterocycles. The summed E-state index contributed by atoms with van der Waals surface area (Å²) in [6.07, 6.45) is -3.76. The fraction of sp³-hybridized carbons (Fsp3) is 0.455. The zero-order chi connectivity index (χ0) is 10.3. The van der Waals surface area contributed by atoms with E-state index in [0.717, 1.165) is 11.1 Å². The molecule has 2 rings (SSSR count). The topological polar surface area (TPSA) is 0 Å². The van der Waals surface area contributed by atoms with Gasteiger partial charge in [0.2, 0.25) is 0 Å². The van der Waals surface area contributed by atoms with E-state index in [1.807, 2.05) is 25.1 Å². The summed E-state index contributed by atoms with van der Waals surface area (Å²) in [6, 6.07) is 7.34. The van der Waals surface area contributed by atoms with Gasteiger partial charge in [-0.3, -0.25) is 0 Å². The molecular weight excluding hydrogens is 189 g/mol. The lowest BCUT2D eigenvalue weighted by molar-refractivity contribution is -0.148. The Hall–Kier alpha value is -0.990. The first-order valence-electron chi connectivity index (χ1n) is 4.62. The average molecular weight is 200 g/mol. The normalized spacial score (nSPS) is 26.3. The molecule has 0 unspecified atom stereocenters. The van der Waals surface area contributed by atoms with Gasteiger partial charge in [-0.1, -0.05) is 29.8 Å². The molecule has 1 aromatic rings. The van der Waals surface area contributed by atoms with Gasteiger partial charge in [-0.05, 0) is 24.8 Å². The van der Waals surface area contributed by atoms with E-state index in [9.17, 15) is 13.2 Å². The van der Waals surface area contributed by atoms with E-state index in [0.29, 0.717) is 0 Å². The van der Waals surface area contributed by atoms with Gasteiger partial charge in [0, 0.05) is 0 Å². The van der Waals surface area contributed by atoms with Crippen LogP contribution in [-0.4, -0.2) is 6.18 Å². The minimum absolute atomic E-state index is 0.257. The SMILES string of the molecule is Cc1cccc([C@@H]2C[C@H]2C(F)(F)F)c1. The number of aryl methyl sites for hydroxylation is 1. The van der Waals surface area contributed by atoms with Crippen molar-refractivity contribution in [1.29, 1.82) is 0 Å². The van der Waals surface area contributed by atoms with Crippen molar-refractivity contribution in [2.24, 2.45) is 5.92 Å². The largest absolute Gasteiger partial charge is 0.392 e. The smallest absolute Gasteiger partial charge is 0.171 e. The van der Waals surface area contributed by atoms with E-state index in [2.05, 4.69) is 0 Å². The summed E-state index contributed by atoms with van der Waals surface area (Å²) >= 11 is 0. The number of rotatable bonds is 1. The third-order valence-electron chi connectivity index (χ3n) is 2.68. The molecular formula is C11H11F3. The van der Waals surface area contributed by atoms with Gasteiger partial charge in [0.15, 0.2) is 0 Å². The Kier molecular flexibility index (Phi) is 2.05. The van der Waals surface area contributed by atoms with Crippen molar-refractivity contribution < 1.29 is 13.2 Å². The van der Waals surface area contributed by atoms with Crippen LogP contribution < -0.4 is 0 Å². The fourth-order valence-corrected chi connectivity index (χ4v) is 1.83. The van der Waals surface area contributed by atoms with Crippen molar-refractivity contribution in [1.82, 2.24) is 0 Å². The summed E-state index contributed by atoms with van der Waals surface area (Å²) in [5.41, 5.74) is 1.85. The Morgan fingerprint density at radius 1 is 1.29 bits per heavy atom. The minimum atomic E-state index is -4.02. The van der Waals surface area contributed by atoms with Crippen LogP contribution in [0.4, 0.5) is 13.2 Å². The Morgan fingerprint density at radius 3 is 2.50 bits per heavy atom. The summed E-state index contributed by atoms with van der Waals surface area (Å²) in [7, 11) is 0. The van der Waals surface area contributed by atoms with Crippen LogP contribution in [0.3, 0.4) is 0 Å². The molecule has 0 radical (unpaired) electrons. The van der Waals surface area contributed by atoms with E-state index in [1.54, 1.807) is 6.07 Å². The van der Waals surface area contributed by atoms with Crippen molar-refractivity contribution in [3.05, 3.63) is 35.4 Å². The maximum atomic E-state index is 12.3. The average Bonchev–Trinajstić information content (AvgIpc) is 2.81. The zero-order valence-electron chi connectivity index (χ0n) is 7.81. The highest BCUT2D eigenvalue weighted by atomic mass is 19.4. The van der Waals surface area contributed by atoms with E-state index in [1.165, 1.54) is 0 Å². The fourth-order valence-electron chi connectivity index (χ4n) is 1.83. The van der Waals surface area contributed by atoms with Gasteiger partial charge in [0.05, 0.1) is 5.92 Å². The van der Waals surface area contributed by atoms with Gasteiger partial charge in [-0.25, -0.2) is 0 Å². The van der Waals surface area contributed by atoms with Gasteiger partial charge in [0.1, 0.15) is 0 Å². The number of alkyl halides is 3. The second kappa shape index (κ2) is 3.01. The molecule has 1 saturated carbocycles. The van der Waals surface area contributed by atoms with Crippen LogP contribution in [0.25, 0.3) is 0 Å². The summed E-state index contributed by atoms with van der Waals surface area (Å²) in [5.74, 6) is -1.40. The van der Waals surface area contributed by atoms with Crippen molar-refractivity contribution in [2.45, 2.75) is 25.4 Å². The monoisotopic (exact) mass is 200 g/mol. The third kappa shape index (κ3) is 1.76. The highest BCUT2D eigenvalue weighted by Gasteiger charge is 2.55. The molecule has 0 aromatic heterocycles. The van der Waals surface area contributed by atoms with Gasteiger partial charge < -0.3 is 0 Å². The van der Waals surface area contributed by atoms with Crippen LogP contribution in [0.1, 0.15) is 23.5 Å². The first-order valence-corrected chi connectivity index (χ1v) is 4.62.